The van der Waals surface area contributed by atoms with Gasteiger partial charge in [0, 0.05) is 18.0 Å². The molecular formula is C15H10F3NO. The van der Waals surface area contributed by atoms with Gasteiger partial charge in [0.25, 0.3) is 0 Å². The molecule has 0 aliphatic carbocycles. The van der Waals surface area contributed by atoms with E-state index in [1.54, 1.807) is 6.07 Å². The normalized spacial score (nSPS) is 12.2. The fourth-order valence-electron chi connectivity index (χ4n) is 1.67. The van der Waals surface area contributed by atoms with Crippen molar-refractivity contribution in [1.29, 1.82) is 0 Å². The molecule has 0 N–H and O–H groups in total. The number of hydrogen-bond donors (Lipinski definition) is 0. The molecule has 1 aromatic heterocycles. The van der Waals surface area contributed by atoms with E-state index in [0.717, 1.165) is 0 Å². The van der Waals surface area contributed by atoms with Crippen molar-refractivity contribution >= 4 is 11.4 Å². The van der Waals surface area contributed by atoms with Crippen LogP contribution >= 0.6 is 0 Å². The number of allylic oxidation sites excluding steroid dienone is 2. The van der Waals surface area contributed by atoms with E-state index in [-0.39, 0.29) is 11.1 Å². The highest BCUT2D eigenvalue weighted by atomic mass is 19.4. The third-order valence-electron chi connectivity index (χ3n) is 2.61. The molecule has 0 atom stereocenters. The molecule has 102 valence electrons. The van der Waals surface area contributed by atoms with E-state index in [1.807, 2.05) is 0 Å². The maximum atomic E-state index is 13.0. The lowest BCUT2D eigenvalue weighted by Gasteiger charge is -2.11. The maximum Gasteiger partial charge on any atom is 0.417 e. The summed E-state index contributed by atoms with van der Waals surface area (Å²) in [4.78, 5) is 15.6. The Bertz CT molecular complexity index is 619. The van der Waals surface area contributed by atoms with Crippen molar-refractivity contribution in [3.05, 3.63) is 72.1 Å². The van der Waals surface area contributed by atoms with Crippen LogP contribution in [0.2, 0.25) is 0 Å². The summed E-state index contributed by atoms with van der Waals surface area (Å²) in [6, 6.07) is 10.1. The Kier molecular flexibility index (Phi) is 3.98. The number of aromatic nitrogens is 1. The molecule has 0 radical (unpaired) electrons. The Hall–Kier alpha value is -2.43. The molecule has 0 amide bonds. The second kappa shape index (κ2) is 5.69. The van der Waals surface area contributed by atoms with Crippen LogP contribution < -0.4 is 0 Å². The standard InChI is InChI=1S/C15H10F3NO/c16-15(17,18)13(11-5-2-1-3-6-11)9-14(20)12-7-4-8-19-10-12/h1-10H/b13-9+. The van der Waals surface area contributed by atoms with Gasteiger partial charge in [-0.2, -0.15) is 13.2 Å². The lowest BCUT2D eigenvalue weighted by molar-refractivity contribution is -0.0689. The fourth-order valence-corrected chi connectivity index (χ4v) is 1.67. The number of ketones is 1. The van der Waals surface area contributed by atoms with Crippen molar-refractivity contribution in [1.82, 2.24) is 4.98 Å². The number of carbonyl (C=O) groups excluding carboxylic acids is 1. The lowest BCUT2D eigenvalue weighted by Crippen LogP contribution is -2.12. The number of carbonyl (C=O) groups is 1. The van der Waals surface area contributed by atoms with Crippen molar-refractivity contribution in [3.8, 4) is 0 Å². The average Bonchev–Trinajstić information content (AvgIpc) is 2.45. The average molecular weight is 277 g/mol. The first-order valence-corrected chi connectivity index (χ1v) is 5.77. The third kappa shape index (κ3) is 3.32. The van der Waals surface area contributed by atoms with Gasteiger partial charge < -0.3 is 0 Å². The summed E-state index contributed by atoms with van der Waals surface area (Å²) in [7, 11) is 0. The number of pyridine rings is 1. The van der Waals surface area contributed by atoms with Crippen LogP contribution in [0.4, 0.5) is 13.2 Å². The van der Waals surface area contributed by atoms with Gasteiger partial charge in [-0.15, -0.1) is 0 Å². The van der Waals surface area contributed by atoms with Gasteiger partial charge in [0.2, 0.25) is 0 Å². The van der Waals surface area contributed by atoms with E-state index in [2.05, 4.69) is 4.98 Å². The highest BCUT2D eigenvalue weighted by Crippen LogP contribution is 2.33. The summed E-state index contributed by atoms with van der Waals surface area (Å²) in [5, 5.41) is 0. The predicted octanol–water partition coefficient (Wildman–Crippen LogP) is 3.91. The van der Waals surface area contributed by atoms with Gasteiger partial charge in [0.15, 0.2) is 5.78 Å². The Morgan fingerprint density at radius 1 is 1.00 bits per heavy atom. The summed E-state index contributed by atoms with van der Waals surface area (Å²) in [6.07, 6.45) is -1.31. The van der Waals surface area contributed by atoms with Crippen LogP contribution in [-0.4, -0.2) is 16.9 Å². The first kappa shape index (κ1) is 14.0. The number of halogens is 3. The lowest BCUT2D eigenvalue weighted by atomic mass is 10.0. The van der Waals surface area contributed by atoms with Crippen molar-refractivity contribution in [2.75, 3.05) is 0 Å². The van der Waals surface area contributed by atoms with Gasteiger partial charge in [0.1, 0.15) is 0 Å². The number of alkyl halides is 3. The van der Waals surface area contributed by atoms with Crippen molar-refractivity contribution in [2.24, 2.45) is 0 Å². The smallest absolute Gasteiger partial charge is 0.289 e. The van der Waals surface area contributed by atoms with Crippen molar-refractivity contribution in [3.63, 3.8) is 0 Å². The van der Waals surface area contributed by atoms with Crippen molar-refractivity contribution in [2.45, 2.75) is 6.18 Å². The molecule has 0 saturated carbocycles. The van der Waals surface area contributed by atoms with Gasteiger partial charge in [-0.3, -0.25) is 9.78 Å². The molecule has 2 nitrogen and oxygen atoms in total. The minimum atomic E-state index is -4.60. The van der Waals surface area contributed by atoms with E-state index in [9.17, 15) is 18.0 Å². The van der Waals surface area contributed by atoms with Gasteiger partial charge in [-0.25, -0.2) is 0 Å². The molecule has 0 unspecified atom stereocenters. The van der Waals surface area contributed by atoms with Crippen LogP contribution in [0, 0.1) is 0 Å². The van der Waals surface area contributed by atoms with Gasteiger partial charge in [0.05, 0.1) is 5.57 Å². The van der Waals surface area contributed by atoms with Gasteiger partial charge in [-0.05, 0) is 23.8 Å². The molecule has 0 aliphatic rings. The van der Waals surface area contributed by atoms with E-state index in [0.29, 0.717) is 6.08 Å². The molecule has 1 aromatic carbocycles. The summed E-state index contributed by atoms with van der Waals surface area (Å²) >= 11 is 0. The van der Waals surface area contributed by atoms with E-state index in [1.165, 1.54) is 48.8 Å². The maximum absolute atomic E-state index is 13.0. The second-order valence-electron chi connectivity index (χ2n) is 4.03. The summed E-state index contributed by atoms with van der Waals surface area (Å²) in [5.41, 5.74) is -0.894. The molecular weight excluding hydrogens is 267 g/mol. The van der Waals surface area contributed by atoms with Gasteiger partial charge in [-0.1, -0.05) is 30.3 Å². The molecule has 0 bridgehead atoms. The summed E-state index contributed by atoms with van der Waals surface area (Å²) in [6.45, 7) is 0. The molecule has 5 heteroatoms. The van der Waals surface area contributed by atoms with Crippen LogP contribution in [0.1, 0.15) is 15.9 Å². The van der Waals surface area contributed by atoms with Gasteiger partial charge >= 0.3 is 6.18 Å². The fraction of sp³-hybridized carbons (Fsp3) is 0.0667. The first-order valence-electron chi connectivity index (χ1n) is 5.77. The molecule has 0 aliphatic heterocycles. The molecule has 0 spiro atoms. The number of rotatable bonds is 3. The van der Waals surface area contributed by atoms with Crippen LogP contribution in [0.5, 0.6) is 0 Å². The van der Waals surface area contributed by atoms with Crippen LogP contribution in [0.25, 0.3) is 5.57 Å². The topological polar surface area (TPSA) is 30.0 Å². The molecule has 0 saturated heterocycles. The highest BCUT2D eigenvalue weighted by Gasteiger charge is 2.35. The zero-order chi connectivity index (χ0) is 14.6. The minimum Gasteiger partial charge on any atom is -0.289 e. The van der Waals surface area contributed by atoms with Crippen LogP contribution in [0.15, 0.2) is 60.9 Å². The van der Waals surface area contributed by atoms with Crippen LogP contribution in [0.3, 0.4) is 0 Å². The van der Waals surface area contributed by atoms with Crippen LogP contribution in [-0.2, 0) is 0 Å². The molecule has 0 fully saturated rings. The first-order chi connectivity index (χ1) is 9.48. The zero-order valence-corrected chi connectivity index (χ0v) is 10.3. The third-order valence-corrected chi connectivity index (χ3v) is 2.61. The number of hydrogen-bond acceptors (Lipinski definition) is 2. The Labute approximate surface area is 113 Å². The van der Waals surface area contributed by atoms with E-state index in [4.69, 9.17) is 0 Å². The Morgan fingerprint density at radius 3 is 2.20 bits per heavy atom. The summed E-state index contributed by atoms with van der Waals surface area (Å²) < 4.78 is 39.1. The molecule has 2 aromatic rings. The number of nitrogens with zero attached hydrogens (tertiary/aromatic N) is 1. The van der Waals surface area contributed by atoms with E-state index >= 15 is 0 Å². The quantitative estimate of drug-likeness (QED) is 0.629. The molecule has 1 heterocycles. The Morgan fingerprint density at radius 2 is 1.65 bits per heavy atom. The molecule has 2 rings (SSSR count). The SMILES string of the molecule is O=C(/C=C(\c1ccccc1)C(F)(F)F)c1cccnc1. The summed E-state index contributed by atoms with van der Waals surface area (Å²) in [5.74, 6) is -0.728. The highest BCUT2D eigenvalue weighted by molar-refractivity contribution is 6.08. The largest absolute Gasteiger partial charge is 0.417 e. The molecule has 20 heavy (non-hydrogen) atoms. The minimum absolute atomic E-state index is 0.0442. The second-order valence-corrected chi connectivity index (χ2v) is 4.03. The Balaban J connectivity index is 2.43. The monoisotopic (exact) mass is 277 g/mol. The van der Waals surface area contributed by atoms with E-state index < -0.39 is 17.5 Å². The van der Waals surface area contributed by atoms with Crippen molar-refractivity contribution < 1.29 is 18.0 Å². The number of benzene rings is 1. The zero-order valence-electron chi connectivity index (χ0n) is 10.3. The predicted molar refractivity (Wildman–Crippen MR) is 69.0 cm³/mol.